The van der Waals surface area contributed by atoms with Gasteiger partial charge in [-0.3, -0.25) is 4.98 Å². The molecule has 1 unspecified atom stereocenters. The number of aromatic nitrogens is 3. The van der Waals surface area contributed by atoms with Crippen molar-refractivity contribution in [1.82, 2.24) is 20.3 Å². The van der Waals surface area contributed by atoms with Crippen LogP contribution in [-0.4, -0.2) is 41.9 Å². The highest BCUT2D eigenvalue weighted by Crippen LogP contribution is 2.24. The molecule has 3 aromatic rings. The summed E-state index contributed by atoms with van der Waals surface area (Å²) < 4.78 is 5.42. The molecular weight excluding hydrogens is 426 g/mol. The van der Waals surface area contributed by atoms with Gasteiger partial charge in [0.1, 0.15) is 24.2 Å². The lowest BCUT2D eigenvalue weighted by atomic mass is 10.0. The molecule has 2 aromatic heterocycles. The average molecular weight is 466 g/mol. The number of aldehydes is 1. The van der Waals surface area contributed by atoms with E-state index in [9.17, 15) is 0 Å². The maximum Gasteiger partial charge on any atom is 0.130 e. The first-order chi connectivity index (χ1) is 16.5. The van der Waals surface area contributed by atoms with Crippen molar-refractivity contribution < 1.29 is 9.53 Å². The number of methoxy groups -OCH3 is 1. The molecule has 2 heterocycles. The highest BCUT2D eigenvalue weighted by molar-refractivity contribution is 5.44. The summed E-state index contributed by atoms with van der Waals surface area (Å²) in [4.78, 5) is 21.9. The number of anilines is 1. The van der Waals surface area contributed by atoms with Gasteiger partial charge in [0.25, 0.3) is 0 Å². The van der Waals surface area contributed by atoms with Crippen molar-refractivity contribution in [3.63, 3.8) is 0 Å². The Morgan fingerprint density at radius 1 is 1.15 bits per heavy atom. The van der Waals surface area contributed by atoms with Crippen molar-refractivity contribution in [3.8, 4) is 5.75 Å². The van der Waals surface area contributed by atoms with Gasteiger partial charge in [-0.15, -0.1) is 0 Å². The Morgan fingerprint density at radius 3 is 2.47 bits per heavy atom. The minimum absolute atomic E-state index is 0.186. The fourth-order valence-corrected chi connectivity index (χ4v) is 3.13. The van der Waals surface area contributed by atoms with Gasteiger partial charge in [0.15, 0.2) is 0 Å². The molecular formula is C27H39N5O2. The molecule has 34 heavy (non-hydrogen) atoms. The molecule has 0 aliphatic carbocycles. The second kappa shape index (κ2) is 17.2. The van der Waals surface area contributed by atoms with Crippen LogP contribution in [0.15, 0.2) is 55.1 Å². The van der Waals surface area contributed by atoms with E-state index >= 15 is 0 Å². The first-order valence-electron chi connectivity index (χ1n) is 11.7. The third kappa shape index (κ3) is 10.5. The molecule has 0 bridgehead atoms. The van der Waals surface area contributed by atoms with Crippen LogP contribution in [-0.2, 0) is 11.2 Å². The SMILES string of the molecule is CC=O.CCCC(Nc1cc(Cc2ccc(C)c(OC)c2)ncn1)c1cccnc1.CCNC. The van der Waals surface area contributed by atoms with Crippen molar-refractivity contribution >= 4 is 12.1 Å². The lowest BCUT2D eigenvalue weighted by molar-refractivity contribution is -0.106. The highest BCUT2D eigenvalue weighted by Gasteiger charge is 2.12. The molecule has 1 aromatic carbocycles. The largest absolute Gasteiger partial charge is 0.496 e. The molecule has 7 nitrogen and oxygen atoms in total. The minimum atomic E-state index is 0.186. The molecule has 184 valence electrons. The number of benzene rings is 1. The zero-order valence-corrected chi connectivity index (χ0v) is 21.3. The average Bonchev–Trinajstić information content (AvgIpc) is 2.86. The summed E-state index contributed by atoms with van der Waals surface area (Å²) in [5, 5.41) is 6.47. The van der Waals surface area contributed by atoms with E-state index in [2.05, 4.69) is 63.7 Å². The molecule has 0 fully saturated rings. The Morgan fingerprint density at radius 2 is 1.88 bits per heavy atom. The van der Waals surface area contributed by atoms with Gasteiger partial charge in [-0.05, 0) is 62.7 Å². The fraction of sp³-hybridized carbons (Fsp3) is 0.407. The predicted molar refractivity (Wildman–Crippen MR) is 139 cm³/mol. The summed E-state index contributed by atoms with van der Waals surface area (Å²) in [6.07, 6.45) is 8.90. The van der Waals surface area contributed by atoms with Crippen LogP contribution in [0.4, 0.5) is 5.82 Å². The number of hydrogen-bond donors (Lipinski definition) is 2. The number of hydrogen-bond acceptors (Lipinski definition) is 7. The maximum absolute atomic E-state index is 8.81. The van der Waals surface area contributed by atoms with Gasteiger partial charge < -0.3 is 20.2 Å². The van der Waals surface area contributed by atoms with E-state index in [1.54, 1.807) is 19.6 Å². The number of nitrogens with zero attached hydrogens (tertiary/aromatic N) is 3. The number of nitrogens with one attached hydrogen (secondary N) is 2. The van der Waals surface area contributed by atoms with Crippen LogP contribution in [0.2, 0.25) is 0 Å². The summed E-state index contributed by atoms with van der Waals surface area (Å²) in [5.74, 6) is 1.74. The van der Waals surface area contributed by atoms with Crippen LogP contribution in [0.3, 0.4) is 0 Å². The molecule has 3 rings (SSSR count). The summed E-state index contributed by atoms with van der Waals surface area (Å²) in [5.41, 5.74) is 4.44. The van der Waals surface area contributed by atoms with Gasteiger partial charge >= 0.3 is 0 Å². The van der Waals surface area contributed by atoms with E-state index in [1.807, 2.05) is 32.3 Å². The van der Waals surface area contributed by atoms with E-state index in [0.29, 0.717) is 0 Å². The number of aryl methyl sites for hydroxylation is 1. The Labute approximate surface area is 204 Å². The molecule has 1 atom stereocenters. The summed E-state index contributed by atoms with van der Waals surface area (Å²) in [7, 11) is 3.63. The van der Waals surface area contributed by atoms with Gasteiger partial charge in [-0.2, -0.15) is 0 Å². The number of carbonyl (C=O) groups excluding carboxylic acids is 1. The van der Waals surface area contributed by atoms with Gasteiger partial charge in [0.2, 0.25) is 0 Å². The van der Waals surface area contributed by atoms with Crippen molar-refractivity contribution in [1.29, 1.82) is 0 Å². The fourth-order valence-electron chi connectivity index (χ4n) is 3.13. The Bertz CT molecular complexity index is 949. The molecule has 2 N–H and O–H groups in total. The zero-order chi connectivity index (χ0) is 25.2. The van der Waals surface area contributed by atoms with Gasteiger partial charge in [0.05, 0.1) is 18.8 Å². The summed E-state index contributed by atoms with van der Waals surface area (Å²) >= 11 is 0. The van der Waals surface area contributed by atoms with Gasteiger partial charge in [-0.1, -0.05) is 38.5 Å². The topological polar surface area (TPSA) is 89.0 Å². The smallest absolute Gasteiger partial charge is 0.130 e. The monoisotopic (exact) mass is 465 g/mol. The third-order valence-corrected chi connectivity index (χ3v) is 4.92. The van der Waals surface area contributed by atoms with E-state index in [-0.39, 0.29) is 6.04 Å². The first kappa shape index (κ1) is 28.7. The van der Waals surface area contributed by atoms with Crippen LogP contribution in [0.5, 0.6) is 5.75 Å². The lowest BCUT2D eigenvalue weighted by Crippen LogP contribution is -2.12. The Hall–Kier alpha value is -3.32. The molecule has 7 heteroatoms. The summed E-state index contributed by atoms with van der Waals surface area (Å²) in [6, 6.07) is 12.5. The normalized spacial score (nSPS) is 10.6. The second-order valence-electron chi connectivity index (χ2n) is 7.59. The van der Waals surface area contributed by atoms with Crippen molar-refractivity contribution in [2.45, 2.75) is 53.0 Å². The maximum atomic E-state index is 8.81. The van der Waals surface area contributed by atoms with Crippen LogP contribution in [0, 0.1) is 6.92 Å². The Balaban J connectivity index is 0.000000732. The molecule has 0 aliphatic rings. The lowest BCUT2D eigenvalue weighted by Gasteiger charge is -2.19. The van der Waals surface area contributed by atoms with Gasteiger partial charge in [0, 0.05) is 24.9 Å². The van der Waals surface area contributed by atoms with Crippen molar-refractivity contribution in [2.24, 2.45) is 0 Å². The molecule has 0 radical (unpaired) electrons. The van der Waals surface area contributed by atoms with Crippen LogP contribution < -0.4 is 15.4 Å². The number of rotatable bonds is 9. The van der Waals surface area contributed by atoms with Crippen LogP contribution in [0.1, 0.15) is 62.0 Å². The number of pyridine rings is 1. The highest BCUT2D eigenvalue weighted by atomic mass is 16.5. The molecule has 0 saturated heterocycles. The van der Waals surface area contributed by atoms with Crippen LogP contribution >= 0.6 is 0 Å². The molecule has 0 aliphatic heterocycles. The van der Waals surface area contributed by atoms with Gasteiger partial charge in [-0.25, -0.2) is 9.97 Å². The molecule has 0 saturated carbocycles. The summed E-state index contributed by atoms with van der Waals surface area (Å²) in [6.45, 7) is 8.81. The van der Waals surface area contributed by atoms with E-state index < -0.39 is 0 Å². The Kier molecular flexibility index (Phi) is 14.5. The predicted octanol–water partition coefficient (Wildman–Crippen LogP) is 5.16. The second-order valence-corrected chi connectivity index (χ2v) is 7.59. The van der Waals surface area contributed by atoms with Crippen molar-refractivity contribution in [3.05, 3.63) is 77.5 Å². The van der Waals surface area contributed by atoms with E-state index in [4.69, 9.17) is 9.53 Å². The van der Waals surface area contributed by atoms with E-state index in [1.165, 1.54) is 18.1 Å². The first-order valence-corrected chi connectivity index (χ1v) is 11.7. The molecule has 0 spiro atoms. The van der Waals surface area contributed by atoms with E-state index in [0.717, 1.165) is 54.9 Å². The third-order valence-electron chi connectivity index (χ3n) is 4.92. The van der Waals surface area contributed by atoms with Crippen molar-refractivity contribution in [2.75, 3.05) is 26.0 Å². The standard InChI is InChI=1S/C22H26N4O.C3H9N.C2H4O/c1-4-6-20(18-7-5-10-23-14-18)26-22-13-19(24-15-25-22)11-17-9-8-16(2)21(12-17)27-3;1-3-4-2;1-2-3/h5,7-10,12-15,20H,4,6,11H2,1-3H3,(H,24,25,26);4H,3H2,1-2H3;2H,1H3. The van der Waals surface area contributed by atoms with Crippen LogP contribution in [0.25, 0.3) is 0 Å². The molecule has 0 amide bonds. The quantitative estimate of drug-likeness (QED) is 0.422. The minimum Gasteiger partial charge on any atom is -0.496 e. The number of ether oxygens (including phenoxy) is 1. The zero-order valence-electron chi connectivity index (χ0n) is 21.3. The number of carbonyl (C=O) groups is 1.